The Bertz CT molecular complexity index is 516. The Hall–Kier alpha value is -1.68. The molecule has 0 aromatic carbocycles. The summed E-state index contributed by atoms with van der Waals surface area (Å²) in [7, 11) is 0. The van der Waals surface area contributed by atoms with E-state index in [4.69, 9.17) is 5.73 Å². The van der Waals surface area contributed by atoms with Crippen molar-refractivity contribution in [2.75, 3.05) is 0 Å². The molecule has 4 heteroatoms. The molecule has 0 radical (unpaired) electrons. The number of aromatic amines is 1. The van der Waals surface area contributed by atoms with Gasteiger partial charge in [-0.3, -0.25) is 4.79 Å². The minimum atomic E-state index is -0.261. The minimum Gasteiger partial charge on any atom is -0.324 e. The highest BCUT2D eigenvalue weighted by molar-refractivity contribution is 5.74. The molecule has 0 aliphatic rings. The number of pyridine rings is 2. The fourth-order valence-corrected chi connectivity index (χ4v) is 1.39. The minimum absolute atomic E-state index is 0.161. The van der Waals surface area contributed by atoms with E-state index in [0.29, 0.717) is 11.2 Å². The van der Waals surface area contributed by atoms with Gasteiger partial charge in [0.25, 0.3) is 5.56 Å². The van der Waals surface area contributed by atoms with E-state index in [2.05, 4.69) is 9.97 Å². The molecule has 0 saturated heterocycles. The van der Waals surface area contributed by atoms with Crippen LogP contribution in [0.5, 0.6) is 0 Å². The Morgan fingerprint density at radius 3 is 3.07 bits per heavy atom. The normalized spacial score (nSPS) is 13.0. The maximum absolute atomic E-state index is 11.5. The van der Waals surface area contributed by atoms with Crippen LogP contribution in [0.25, 0.3) is 11.0 Å². The van der Waals surface area contributed by atoms with Crippen LogP contribution < -0.4 is 11.3 Å². The van der Waals surface area contributed by atoms with Crippen LogP contribution in [-0.2, 0) is 0 Å². The molecule has 0 amide bonds. The second-order valence-electron chi connectivity index (χ2n) is 3.28. The molecule has 1 atom stereocenters. The summed E-state index contributed by atoms with van der Waals surface area (Å²) in [5.41, 5.74) is 6.69. The van der Waals surface area contributed by atoms with Gasteiger partial charge in [0, 0.05) is 23.2 Å². The van der Waals surface area contributed by atoms with Crippen molar-refractivity contribution in [1.82, 2.24) is 9.97 Å². The zero-order chi connectivity index (χ0) is 10.1. The van der Waals surface area contributed by atoms with Crippen molar-refractivity contribution >= 4 is 11.0 Å². The van der Waals surface area contributed by atoms with Crippen LogP contribution in [0.1, 0.15) is 18.5 Å². The number of H-pyrrole nitrogens is 1. The summed E-state index contributed by atoms with van der Waals surface area (Å²) < 4.78 is 0. The largest absolute Gasteiger partial charge is 0.324 e. The van der Waals surface area contributed by atoms with Gasteiger partial charge in [-0.1, -0.05) is 0 Å². The van der Waals surface area contributed by atoms with Gasteiger partial charge < -0.3 is 10.7 Å². The molecule has 2 aromatic heterocycles. The number of rotatable bonds is 1. The van der Waals surface area contributed by atoms with E-state index in [9.17, 15) is 4.79 Å². The van der Waals surface area contributed by atoms with E-state index in [-0.39, 0.29) is 11.6 Å². The van der Waals surface area contributed by atoms with Gasteiger partial charge in [0.15, 0.2) is 0 Å². The lowest BCUT2D eigenvalue weighted by Gasteiger charge is -2.04. The predicted molar refractivity (Wildman–Crippen MR) is 55.0 cm³/mol. The molecule has 2 rings (SSSR count). The van der Waals surface area contributed by atoms with Gasteiger partial charge in [-0.05, 0) is 25.1 Å². The number of aromatic nitrogens is 2. The summed E-state index contributed by atoms with van der Waals surface area (Å²) in [5.74, 6) is 0. The van der Waals surface area contributed by atoms with Crippen molar-refractivity contribution in [3.8, 4) is 0 Å². The average molecular weight is 189 g/mol. The highest BCUT2D eigenvalue weighted by atomic mass is 16.1. The monoisotopic (exact) mass is 189 g/mol. The van der Waals surface area contributed by atoms with E-state index >= 15 is 0 Å². The van der Waals surface area contributed by atoms with Crippen LogP contribution in [0.4, 0.5) is 0 Å². The zero-order valence-corrected chi connectivity index (χ0v) is 7.82. The zero-order valence-electron chi connectivity index (χ0n) is 7.82. The third kappa shape index (κ3) is 1.40. The molecule has 72 valence electrons. The molecule has 0 aliphatic heterocycles. The lowest BCUT2D eigenvalue weighted by molar-refractivity contribution is 0.803. The number of hydrogen-bond acceptors (Lipinski definition) is 3. The lowest BCUT2D eigenvalue weighted by atomic mass is 10.1. The summed E-state index contributed by atoms with van der Waals surface area (Å²) in [4.78, 5) is 18.2. The van der Waals surface area contributed by atoms with E-state index in [1.165, 1.54) is 0 Å². The molecule has 2 heterocycles. The van der Waals surface area contributed by atoms with Gasteiger partial charge in [-0.15, -0.1) is 0 Å². The van der Waals surface area contributed by atoms with Crippen LogP contribution >= 0.6 is 0 Å². The fourth-order valence-electron chi connectivity index (χ4n) is 1.39. The molecule has 0 spiro atoms. The van der Waals surface area contributed by atoms with Gasteiger partial charge in [0.1, 0.15) is 5.65 Å². The SMILES string of the molecule is CC(N)c1cc2cccnc2[nH]c1=O. The van der Waals surface area contributed by atoms with E-state index in [0.717, 1.165) is 5.39 Å². The van der Waals surface area contributed by atoms with Gasteiger partial charge in [0.05, 0.1) is 0 Å². The van der Waals surface area contributed by atoms with E-state index in [1.54, 1.807) is 19.2 Å². The molecule has 3 N–H and O–H groups in total. The average Bonchev–Trinajstić information content (AvgIpc) is 2.16. The molecule has 14 heavy (non-hydrogen) atoms. The Kier molecular flexibility index (Phi) is 2.05. The van der Waals surface area contributed by atoms with Crippen molar-refractivity contribution in [2.45, 2.75) is 13.0 Å². The summed E-state index contributed by atoms with van der Waals surface area (Å²) in [6, 6.07) is 5.24. The second kappa shape index (κ2) is 3.23. The first-order valence-corrected chi connectivity index (χ1v) is 4.42. The van der Waals surface area contributed by atoms with Crippen LogP contribution in [0.15, 0.2) is 29.2 Å². The molecule has 2 aromatic rings. The maximum atomic E-state index is 11.5. The van der Waals surface area contributed by atoms with Crippen molar-refractivity contribution in [2.24, 2.45) is 5.73 Å². The van der Waals surface area contributed by atoms with Crippen LogP contribution in [-0.4, -0.2) is 9.97 Å². The molecule has 0 bridgehead atoms. The third-order valence-corrected chi connectivity index (χ3v) is 2.13. The number of nitrogens with one attached hydrogen (secondary N) is 1. The standard InChI is InChI=1S/C10H11N3O/c1-6(11)8-5-7-3-2-4-12-9(7)13-10(8)14/h2-6H,11H2,1H3,(H,12,13,14). The summed E-state index contributed by atoms with van der Waals surface area (Å²) in [5, 5.41) is 0.902. The maximum Gasteiger partial charge on any atom is 0.254 e. The number of fused-ring (bicyclic) bond motifs is 1. The van der Waals surface area contributed by atoms with Gasteiger partial charge in [0.2, 0.25) is 0 Å². The number of hydrogen-bond donors (Lipinski definition) is 2. The van der Waals surface area contributed by atoms with E-state index < -0.39 is 0 Å². The second-order valence-corrected chi connectivity index (χ2v) is 3.28. The Balaban J connectivity index is 2.78. The molecule has 0 aliphatic carbocycles. The molecular formula is C10H11N3O. The molecular weight excluding hydrogens is 178 g/mol. The third-order valence-electron chi connectivity index (χ3n) is 2.13. The molecule has 0 fully saturated rings. The summed E-state index contributed by atoms with van der Waals surface area (Å²) >= 11 is 0. The first-order valence-electron chi connectivity index (χ1n) is 4.42. The summed E-state index contributed by atoms with van der Waals surface area (Å²) in [6.07, 6.45) is 1.64. The highest BCUT2D eigenvalue weighted by Gasteiger charge is 2.06. The fraction of sp³-hybridized carbons (Fsp3) is 0.200. The Morgan fingerprint density at radius 2 is 2.36 bits per heavy atom. The van der Waals surface area contributed by atoms with Crippen LogP contribution in [0.2, 0.25) is 0 Å². The van der Waals surface area contributed by atoms with Gasteiger partial charge >= 0.3 is 0 Å². The van der Waals surface area contributed by atoms with Crippen molar-refractivity contribution in [1.29, 1.82) is 0 Å². The summed E-state index contributed by atoms with van der Waals surface area (Å²) in [6.45, 7) is 1.78. The molecule has 1 unspecified atom stereocenters. The highest BCUT2D eigenvalue weighted by Crippen LogP contribution is 2.10. The number of nitrogens with zero attached hydrogens (tertiary/aromatic N) is 1. The number of nitrogens with two attached hydrogens (primary N) is 1. The molecule has 4 nitrogen and oxygen atoms in total. The van der Waals surface area contributed by atoms with Crippen LogP contribution in [0.3, 0.4) is 0 Å². The quantitative estimate of drug-likeness (QED) is 0.701. The molecule has 0 saturated carbocycles. The Morgan fingerprint density at radius 1 is 1.57 bits per heavy atom. The Labute approximate surface area is 80.8 Å². The van der Waals surface area contributed by atoms with Crippen LogP contribution in [0, 0.1) is 0 Å². The first kappa shape index (κ1) is 8.90. The van der Waals surface area contributed by atoms with Crippen molar-refractivity contribution in [3.63, 3.8) is 0 Å². The van der Waals surface area contributed by atoms with Crippen molar-refractivity contribution < 1.29 is 0 Å². The van der Waals surface area contributed by atoms with Gasteiger partial charge in [-0.2, -0.15) is 0 Å². The van der Waals surface area contributed by atoms with E-state index in [1.807, 2.05) is 12.1 Å². The van der Waals surface area contributed by atoms with Crippen molar-refractivity contribution in [3.05, 3.63) is 40.3 Å². The lowest BCUT2D eigenvalue weighted by Crippen LogP contribution is -2.19. The van der Waals surface area contributed by atoms with Gasteiger partial charge in [-0.25, -0.2) is 4.98 Å². The predicted octanol–water partition coefficient (Wildman–Crippen LogP) is 0.943. The topological polar surface area (TPSA) is 71.8 Å². The smallest absolute Gasteiger partial charge is 0.254 e. The first-order chi connectivity index (χ1) is 6.68.